The van der Waals surface area contributed by atoms with Crippen molar-refractivity contribution in [3.63, 3.8) is 0 Å². The van der Waals surface area contributed by atoms with Crippen LogP contribution in [0.3, 0.4) is 0 Å². The largest absolute Gasteiger partial charge is 0.454 e. The summed E-state index contributed by atoms with van der Waals surface area (Å²) in [6.45, 7) is 7.19. The van der Waals surface area contributed by atoms with Crippen molar-refractivity contribution in [2.24, 2.45) is 4.99 Å². The monoisotopic (exact) mass is 368 g/mol. The van der Waals surface area contributed by atoms with Gasteiger partial charge in [0, 0.05) is 24.2 Å². The van der Waals surface area contributed by atoms with Crippen molar-refractivity contribution in [1.82, 2.24) is 4.57 Å². The molecule has 1 aromatic heterocycles. The van der Waals surface area contributed by atoms with Crippen LogP contribution in [0.1, 0.15) is 34.8 Å². The minimum absolute atomic E-state index is 0.218. The van der Waals surface area contributed by atoms with E-state index < -0.39 is 0 Å². The number of nitrogens with zero attached hydrogens (tertiary/aromatic N) is 2. The molecule has 2 aromatic carbocycles. The number of carbonyl (C=O) groups excluding carboxylic acids is 1. The normalized spacial score (nSPS) is 13.6. The highest BCUT2D eigenvalue weighted by Gasteiger charge is 2.18. The van der Waals surface area contributed by atoms with Gasteiger partial charge in [0.25, 0.3) is 5.91 Å². The number of hydrogen-bond donors (Lipinski definition) is 0. The number of aromatic nitrogens is 1. The molecule has 0 N–H and O–H groups in total. The molecule has 2 heterocycles. The highest BCUT2D eigenvalue weighted by molar-refractivity contribution is 7.16. The van der Waals surface area contributed by atoms with Crippen LogP contribution in [0.2, 0.25) is 0 Å². The van der Waals surface area contributed by atoms with Crippen molar-refractivity contribution >= 4 is 27.5 Å². The molecule has 1 aliphatic rings. The van der Waals surface area contributed by atoms with Gasteiger partial charge < -0.3 is 14.0 Å². The maximum Gasteiger partial charge on any atom is 0.279 e. The molecule has 134 valence electrons. The standard InChI is InChI=1S/C20H20N2O3S/c1-4-7-22-15-9-16-17(25-11-24-16)10-18(15)26-20(22)21-19(23)14-6-5-12(2)13(3)8-14/h5-6,8-10H,4,7,11H2,1-3H3. The van der Waals surface area contributed by atoms with E-state index in [1.54, 1.807) is 0 Å². The Balaban J connectivity index is 1.84. The van der Waals surface area contributed by atoms with Gasteiger partial charge in [-0.2, -0.15) is 4.99 Å². The summed E-state index contributed by atoms with van der Waals surface area (Å²) in [5, 5.41) is 0. The third-order valence-corrected chi connectivity index (χ3v) is 5.62. The van der Waals surface area contributed by atoms with E-state index >= 15 is 0 Å². The Labute approximate surface area is 155 Å². The summed E-state index contributed by atoms with van der Waals surface area (Å²) in [6, 6.07) is 9.64. The van der Waals surface area contributed by atoms with Crippen LogP contribution in [0, 0.1) is 13.8 Å². The van der Waals surface area contributed by atoms with Gasteiger partial charge in [-0.1, -0.05) is 24.3 Å². The number of thiazole rings is 1. The third kappa shape index (κ3) is 2.90. The van der Waals surface area contributed by atoms with Crippen molar-refractivity contribution in [1.29, 1.82) is 0 Å². The molecule has 3 aromatic rings. The molecule has 0 fully saturated rings. The highest BCUT2D eigenvalue weighted by Crippen LogP contribution is 2.37. The molecule has 5 nitrogen and oxygen atoms in total. The van der Waals surface area contributed by atoms with E-state index in [1.165, 1.54) is 16.9 Å². The van der Waals surface area contributed by atoms with Crippen LogP contribution in [-0.4, -0.2) is 17.3 Å². The van der Waals surface area contributed by atoms with Gasteiger partial charge in [-0.3, -0.25) is 4.79 Å². The molecule has 6 heteroatoms. The summed E-state index contributed by atoms with van der Waals surface area (Å²) in [7, 11) is 0. The second-order valence-corrected chi connectivity index (χ2v) is 7.43. The van der Waals surface area contributed by atoms with E-state index in [0.29, 0.717) is 10.4 Å². The first kappa shape index (κ1) is 16.8. The number of fused-ring (bicyclic) bond motifs is 2. The van der Waals surface area contributed by atoms with Crippen molar-refractivity contribution in [3.8, 4) is 11.5 Å². The van der Waals surface area contributed by atoms with Crippen LogP contribution in [0.4, 0.5) is 0 Å². The second kappa shape index (κ2) is 6.61. The zero-order chi connectivity index (χ0) is 18.3. The van der Waals surface area contributed by atoms with Gasteiger partial charge in [0.2, 0.25) is 6.79 Å². The lowest BCUT2D eigenvalue weighted by Gasteiger charge is -2.04. The molecule has 0 aliphatic carbocycles. The number of aryl methyl sites for hydroxylation is 3. The van der Waals surface area contributed by atoms with Crippen LogP contribution in [-0.2, 0) is 6.54 Å². The molecule has 1 aliphatic heterocycles. The van der Waals surface area contributed by atoms with Gasteiger partial charge in [0.15, 0.2) is 16.3 Å². The lowest BCUT2D eigenvalue weighted by atomic mass is 10.1. The molecule has 0 unspecified atom stereocenters. The first-order chi connectivity index (χ1) is 12.6. The fraction of sp³-hybridized carbons (Fsp3) is 0.300. The molecular formula is C20H20N2O3S. The molecule has 0 saturated carbocycles. The zero-order valence-electron chi connectivity index (χ0n) is 15.0. The number of rotatable bonds is 3. The topological polar surface area (TPSA) is 52.8 Å². The number of carbonyl (C=O) groups is 1. The summed E-state index contributed by atoms with van der Waals surface area (Å²) in [5.74, 6) is 1.27. The van der Waals surface area contributed by atoms with Gasteiger partial charge in [-0.25, -0.2) is 0 Å². The van der Waals surface area contributed by atoms with E-state index in [4.69, 9.17) is 9.47 Å². The molecular weight excluding hydrogens is 348 g/mol. The SMILES string of the molecule is CCCn1c(=NC(=O)c2ccc(C)c(C)c2)sc2cc3c(cc21)OCO3. The molecule has 0 atom stereocenters. The van der Waals surface area contributed by atoms with E-state index in [1.807, 2.05) is 44.2 Å². The summed E-state index contributed by atoms with van der Waals surface area (Å²) in [4.78, 5) is 17.8. The Hall–Kier alpha value is -2.60. The van der Waals surface area contributed by atoms with E-state index in [0.717, 1.165) is 40.2 Å². The summed E-state index contributed by atoms with van der Waals surface area (Å²) < 4.78 is 14.1. The van der Waals surface area contributed by atoms with Crippen LogP contribution in [0.5, 0.6) is 11.5 Å². The summed E-state index contributed by atoms with van der Waals surface area (Å²) in [5.41, 5.74) is 3.89. The van der Waals surface area contributed by atoms with Gasteiger partial charge in [0.1, 0.15) is 0 Å². The van der Waals surface area contributed by atoms with Crippen molar-refractivity contribution in [2.45, 2.75) is 33.7 Å². The molecule has 4 rings (SSSR count). The molecule has 1 amide bonds. The maximum absolute atomic E-state index is 12.7. The van der Waals surface area contributed by atoms with Gasteiger partial charge >= 0.3 is 0 Å². The van der Waals surface area contributed by atoms with Gasteiger partial charge in [0.05, 0.1) is 10.2 Å². The quantitative estimate of drug-likeness (QED) is 0.696. The Bertz CT molecular complexity index is 1080. The average molecular weight is 368 g/mol. The minimum Gasteiger partial charge on any atom is -0.454 e. The molecule has 0 spiro atoms. The molecule has 26 heavy (non-hydrogen) atoms. The summed E-state index contributed by atoms with van der Waals surface area (Å²) >= 11 is 1.50. The van der Waals surface area contributed by atoms with Gasteiger partial charge in [-0.05, 0) is 43.5 Å². The fourth-order valence-electron chi connectivity index (χ4n) is 3.01. The second-order valence-electron chi connectivity index (χ2n) is 6.43. The van der Waals surface area contributed by atoms with E-state index in [9.17, 15) is 4.79 Å². The lowest BCUT2D eigenvalue weighted by molar-refractivity contribution is 0.0997. The third-order valence-electron chi connectivity index (χ3n) is 4.58. The van der Waals surface area contributed by atoms with Crippen LogP contribution in [0.25, 0.3) is 10.2 Å². The molecule has 0 saturated heterocycles. The number of benzene rings is 2. The smallest absolute Gasteiger partial charge is 0.279 e. The van der Waals surface area contributed by atoms with Crippen LogP contribution < -0.4 is 14.3 Å². The predicted molar refractivity (Wildman–Crippen MR) is 102 cm³/mol. The number of amides is 1. The Kier molecular flexibility index (Phi) is 4.28. The Morgan fingerprint density at radius 2 is 1.92 bits per heavy atom. The number of ether oxygens (including phenoxy) is 2. The maximum atomic E-state index is 12.7. The zero-order valence-corrected chi connectivity index (χ0v) is 15.9. The first-order valence-electron chi connectivity index (χ1n) is 8.66. The van der Waals surface area contributed by atoms with Gasteiger partial charge in [-0.15, -0.1) is 0 Å². The van der Waals surface area contributed by atoms with Crippen molar-refractivity contribution in [3.05, 3.63) is 51.8 Å². The van der Waals surface area contributed by atoms with Crippen molar-refractivity contribution < 1.29 is 14.3 Å². The Morgan fingerprint density at radius 1 is 1.15 bits per heavy atom. The van der Waals surface area contributed by atoms with Crippen LogP contribution in [0.15, 0.2) is 35.3 Å². The average Bonchev–Trinajstić information content (AvgIpc) is 3.20. The molecule has 0 bridgehead atoms. The first-order valence-corrected chi connectivity index (χ1v) is 9.47. The Morgan fingerprint density at radius 3 is 2.65 bits per heavy atom. The van der Waals surface area contributed by atoms with E-state index in [2.05, 4.69) is 16.5 Å². The predicted octanol–water partition coefficient (Wildman–Crippen LogP) is 4.20. The highest BCUT2D eigenvalue weighted by atomic mass is 32.1. The van der Waals surface area contributed by atoms with Crippen LogP contribution >= 0.6 is 11.3 Å². The minimum atomic E-state index is -0.218. The fourth-order valence-corrected chi connectivity index (χ4v) is 4.08. The molecule has 0 radical (unpaired) electrons. The summed E-state index contributed by atoms with van der Waals surface area (Å²) in [6.07, 6.45) is 0.950. The van der Waals surface area contributed by atoms with E-state index in [-0.39, 0.29) is 12.7 Å². The lowest BCUT2D eigenvalue weighted by Crippen LogP contribution is -2.17. The number of hydrogen-bond acceptors (Lipinski definition) is 4. The van der Waals surface area contributed by atoms with Crippen molar-refractivity contribution in [2.75, 3.05) is 6.79 Å².